The Morgan fingerprint density at radius 1 is 1.19 bits per heavy atom. The first-order valence-corrected chi connectivity index (χ1v) is 9.32. The lowest BCUT2D eigenvalue weighted by atomic mass is 9.94. The van der Waals surface area contributed by atoms with Crippen molar-refractivity contribution in [3.05, 3.63) is 35.4 Å². The van der Waals surface area contributed by atoms with Gasteiger partial charge in [0.1, 0.15) is 0 Å². The van der Waals surface area contributed by atoms with E-state index in [0.717, 1.165) is 19.5 Å². The molecule has 26 heavy (non-hydrogen) atoms. The predicted octanol–water partition coefficient (Wildman–Crippen LogP) is 1.04. The van der Waals surface area contributed by atoms with Gasteiger partial charge in [-0.2, -0.15) is 0 Å². The van der Waals surface area contributed by atoms with Crippen molar-refractivity contribution in [3.8, 4) is 0 Å². The number of amides is 2. The summed E-state index contributed by atoms with van der Waals surface area (Å²) in [4.78, 5) is 26.3. The minimum atomic E-state index is -0.590. The largest absolute Gasteiger partial charge is 0.353 e. The molecule has 1 atom stereocenters. The fraction of sp³-hybridized carbons (Fsp3) is 0.600. The van der Waals surface area contributed by atoms with Crippen molar-refractivity contribution >= 4 is 11.8 Å². The van der Waals surface area contributed by atoms with Crippen molar-refractivity contribution in [1.29, 1.82) is 0 Å². The van der Waals surface area contributed by atoms with Crippen LogP contribution in [0.3, 0.4) is 0 Å². The Hall–Kier alpha value is -1.92. The molecule has 2 rings (SSSR count). The summed E-state index contributed by atoms with van der Waals surface area (Å²) in [6, 6.07) is 7.92. The van der Waals surface area contributed by atoms with Crippen molar-refractivity contribution in [2.24, 2.45) is 11.7 Å². The number of benzene rings is 1. The zero-order valence-corrected chi connectivity index (χ0v) is 16.3. The van der Waals surface area contributed by atoms with Crippen LogP contribution in [0.1, 0.15) is 38.8 Å². The zero-order chi connectivity index (χ0) is 19.3. The lowest BCUT2D eigenvalue weighted by molar-refractivity contribution is -0.127. The fourth-order valence-electron chi connectivity index (χ4n) is 3.09. The topological polar surface area (TPSA) is 87.5 Å². The van der Waals surface area contributed by atoms with Gasteiger partial charge in [-0.05, 0) is 37.3 Å². The Balaban J connectivity index is 1.81. The lowest BCUT2D eigenvalue weighted by Crippen LogP contribution is -2.54. The van der Waals surface area contributed by atoms with E-state index in [1.165, 1.54) is 11.1 Å². The molecule has 1 aliphatic rings. The number of hydrogen-bond acceptors (Lipinski definition) is 4. The maximum absolute atomic E-state index is 12.1. The van der Waals surface area contributed by atoms with Crippen LogP contribution in [-0.2, 0) is 22.6 Å². The highest BCUT2D eigenvalue weighted by Crippen LogP contribution is 2.24. The van der Waals surface area contributed by atoms with E-state index < -0.39 is 6.04 Å². The van der Waals surface area contributed by atoms with Crippen molar-refractivity contribution in [2.75, 3.05) is 19.6 Å². The number of nitrogens with zero attached hydrogens (tertiary/aromatic N) is 1. The number of fused-ring (bicyclic) bond motifs is 1. The zero-order valence-electron chi connectivity index (χ0n) is 16.3. The number of nitrogens with two attached hydrogens (primary N) is 1. The monoisotopic (exact) mass is 360 g/mol. The highest BCUT2D eigenvalue weighted by atomic mass is 16.2. The minimum absolute atomic E-state index is 0.0407. The number of carbonyl (C=O) groups excluding carboxylic acids is 2. The van der Waals surface area contributed by atoms with Crippen LogP contribution in [0.25, 0.3) is 0 Å². The van der Waals surface area contributed by atoms with E-state index in [0.29, 0.717) is 6.54 Å². The van der Waals surface area contributed by atoms with Crippen molar-refractivity contribution in [2.45, 2.75) is 52.2 Å². The van der Waals surface area contributed by atoms with Gasteiger partial charge in [-0.25, -0.2) is 0 Å². The Bertz CT molecular complexity index is 642. The van der Waals surface area contributed by atoms with E-state index in [1.807, 2.05) is 13.8 Å². The van der Waals surface area contributed by atoms with Gasteiger partial charge in [-0.1, -0.05) is 38.1 Å². The van der Waals surface area contributed by atoms with E-state index in [2.05, 4.69) is 53.6 Å². The highest BCUT2D eigenvalue weighted by molar-refractivity contribution is 5.87. The summed E-state index contributed by atoms with van der Waals surface area (Å²) in [7, 11) is 0. The molecule has 0 aliphatic carbocycles. The molecule has 1 aromatic rings. The van der Waals surface area contributed by atoms with Crippen molar-refractivity contribution < 1.29 is 9.59 Å². The highest BCUT2D eigenvalue weighted by Gasteiger charge is 2.30. The van der Waals surface area contributed by atoms with E-state index >= 15 is 0 Å². The van der Waals surface area contributed by atoms with E-state index in [4.69, 9.17) is 5.73 Å². The summed E-state index contributed by atoms with van der Waals surface area (Å²) in [6.07, 6.45) is 1.02. The summed E-state index contributed by atoms with van der Waals surface area (Å²) in [5, 5.41) is 5.53. The summed E-state index contributed by atoms with van der Waals surface area (Å²) >= 11 is 0. The minimum Gasteiger partial charge on any atom is -0.353 e. The first-order valence-electron chi connectivity index (χ1n) is 9.32. The first kappa shape index (κ1) is 20.4. The van der Waals surface area contributed by atoms with Crippen LogP contribution >= 0.6 is 0 Å². The molecule has 2 amide bonds. The quantitative estimate of drug-likeness (QED) is 0.678. The maximum atomic E-state index is 12.1. The SMILES string of the molecule is CC(C)[C@H](N)C(=O)NCC(=O)NCC(C)(C)N1CCc2ccccc2C1. The van der Waals surface area contributed by atoms with E-state index in [1.54, 1.807) is 0 Å². The average molecular weight is 361 g/mol. The van der Waals surface area contributed by atoms with Gasteiger partial charge in [0, 0.05) is 25.2 Å². The third kappa shape index (κ3) is 5.29. The Morgan fingerprint density at radius 3 is 2.50 bits per heavy atom. The van der Waals surface area contributed by atoms with Crippen LogP contribution < -0.4 is 16.4 Å². The number of nitrogens with one attached hydrogen (secondary N) is 2. The average Bonchev–Trinajstić information content (AvgIpc) is 2.63. The van der Waals surface area contributed by atoms with Gasteiger partial charge < -0.3 is 16.4 Å². The normalized spacial score (nSPS) is 16.1. The third-order valence-corrected chi connectivity index (χ3v) is 5.15. The molecule has 1 aliphatic heterocycles. The van der Waals surface area contributed by atoms with Crippen molar-refractivity contribution in [3.63, 3.8) is 0 Å². The first-order chi connectivity index (χ1) is 12.2. The van der Waals surface area contributed by atoms with Crippen LogP contribution in [0.4, 0.5) is 0 Å². The maximum Gasteiger partial charge on any atom is 0.239 e. The summed E-state index contributed by atoms with van der Waals surface area (Å²) in [6.45, 7) is 10.4. The number of carbonyl (C=O) groups is 2. The van der Waals surface area contributed by atoms with Gasteiger partial charge in [0.2, 0.25) is 11.8 Å². The molecule has 4 N–H and O–H groups in total. The molecule has 6 heteroatoms. The molecule has 0 saturated heterocycles. The van der Waals surface area contributed by atoms with Gasteiger partial charge in [-0.3, -0.25) is 14.5 Å². The molecule has 144 valence electrons. The van der Waals surface area contributed by atoms with Crippen LogP contribution in [0.15, 0.2) is 24.3 Å². The van der Waals surface area contributed by atoms with E-state index in [9.17, 15) is 9.59 Å². The molecule has 0 saturated carbocycles. The fourth-order valence-corrected chi connectivity index (χ4v) is 3.09. The predicted molar refractivity (Wildman–Crippen MR) is 103 cm³/mol. The number of hydrogen-bond donors (Lipinski definition) is 3. The molecule has 1 aromatic carbocycles. The Kier molecular flexibility index (Phi) is 6.78. The summed E-state index contributed by atoms with van der Waals surface area (Å²) in [5.74, 6) is -0.444. The second kappa shape index (κ2) is 8.64. The molecule has 0 aromatic heterocycles. The molecule has 0 radical (unpaired) electrons. The summed E-state index contributed by atoms with van der Waals surface area (Å²) < 4.78 is 0. The van der Waals surface area contributed by atoms with Gasteiger partial charge >= 0.3 is 0 Å². The Morgan fingerprint density at radius 2 is 1.85 bits per heavy atom. The molecule has 0 fully saturated rings. The number of rotatable bonds is 7. The van der Waals surface area contributed by atoms with Crippen molar-refractivity contribution in [1.82, 2.24) is 15.5 Å². The van der Waals surface area contributed by atoms with Gasteiger partial charge in [0.15, 0.2) is 0 Å². The molecular weight excluding hydrogens is 328 g/mol. The smallest absolute Gasteiger partial charge is 0.239 e. The van der Waals surface area contributed by atoms with Gasteiger partial charge in [0.25, 0.3) is 0 Å². The summed E-state index contributed by atoms with van der Waals surface area (Å²) in [5.41, 5.74) is 8.38. The molecule has 0 bridgehead atoms. The van der Waals surface area contributed by atoms with Crippen LogP contribution in [-0.4, -0.2) is 47.9 Å². The molecule has 0 spiro atoms. The van der Waals surface area contributed by atoms with E-state index in [-0.39, 0.29) is 29.8 Å². The van der Waals surface area contributed by atoms with Gasteiger partial charge in [0.05, 0.1) is 12.6 Å². The Labute approximate surface area is 156 Å². The van der Waals surface area contributed by atoms with Crippen LogP contribution in [0.5, 0.6) is 0 Å². The third-order valence-electron chi connectivity index (χ3n) is 5.15. The van der Waals surface area contributed by atoms with Gasteiger partial charge in [-0.15, -0.1) is 0 Å². The molecule has 6 nitrogen and oxygen atoms in total. The second-order valence-electron chi connectivity index (χ2n) is 8.02. The lowest BCUT2D eigenvalue weighted by Gasteiger charge is -2.41. The molecular formula is C20H32N4O2. The van der Waals surface area contributed by atoms with Crippen LogP contribution in [0.2, 0.25) is 0 Å². The molecule has 0 unspecified atom stereocenters. The standard InChI is InChI=1S/C20H32N4O2/c1-14(2)18(21)19(26)22-11-17(25)23-13-20(3,4)24-10-9-15-7-5-6-8-16(15)12-24/h5-8,14,18H,9-13,21H2,1-4H3,(H,22,26)(H,23,25)/t18-/m0/s1. The van der Waals surface area contributed by atoms with Crippen LogP contribution in [0, 0.1) is 5.92 Å². The molecule has 1 heterocycles. The second-order valence-corrected chi connectivity index (χ2v) is 8.02.